The lowest BCUT2D eigenvalue weighted by atomic mass is 10.2. The van der Waals surface area contributed by atoms with Crippen LogP contribution in [0.4, 0.5) is 5.69 Å². The zero-order chi connectivity index (χ0) is 18.2. The summed E-state index contributed by atoms with van der Waals surface area (Å²) in [5, 5.41) is 3.23. The third-order valence-electron chi connectivity index (χ3n) is 3.29. The molecule has 0 bridgehead atoms. The Hall–Kier alpha value is -2.79. The molecule has 0 heterocycles. The molecule has 2 aromatic rings. The number of para-hydroxylation sites is 2. The molecule has 1 atom stereocenters. The third kappa shape index (κ3) is 5.65. The number of halogens is 1. The zero-order valence-electron chi connectivity index (χ0n) is 13.9. The summed E-state index contributed by atoms with van der Waals surface area (Å²) in [6.45, 7) is 1.50. The number of esters is 1. The molecule has 25 heavy (non-hydrogen) atoms. The topological polar surface area (TPSA) is 64.6 Å². The fourth-order valence-electron chi connectivity index (χ4n) is 2.02. The average Bonchev–Trinajstić information content (AvgIpc) is 2.60. The number of ether oxygens (including phenoxy) is 2. The van der Waals surface area contributed by atoms with Gasteiger partial charge in [0.1, 0.15) is 5.75 Å². The highest BCUT2D eigenvalue weighted by atomic mass is 35.5. The highest BCUT2D eigenvalue weighted by Crippen LogP contribution is 2.23. The molecular weight excluding hydrogens is 342 g/mol. The van der Waals surface area contributed by atoms with Gasteiger partial charge in [0.15, 0.2) is 6.10 Å². The van der Waals surface area contributed by atoms with E-state index in [2.05, 4.69) is 5.32 Å². The van der Waals surface area contributed by atoms with Gasteiger partial charge in [-0.1, -0.05) is 35.9 Å². The van der Waals surface area contributed by atoms with Crippen molar-refractivity contribution in [2.75, 3.05) is 12.4 Å². The lowest BCUT2D eigenvalue weighted by Crippen LogP contribution is -2.29. The lowest BCUT2D eigenvalue weighted by Gasteiger charge is -2.14. The summed E-state index contributed by atoms with van der Waals surface area (Å²) in [7, 11) is 1.51. The molecule has 0 aliphatic carbocycles. The molecule has 6 heteroatoms. The molecule has 0 unspecified atom stereocenters. The van der Waals surface area contributed by atoms with Gasteiger partial charge in [-0.25, -0.2) is 4.79 Å². The molecule has 0 radical (unpaired) electrons. The van der Waals surface area contributed by atoms with E-state index in [1.165, 1.54) is 20.1 Å². The molecule has 0 aliphatic heterocycles. The van der Waals surface area contributed by atoms with Gasteiger partial charge in [0.2, 0.25) is 0 Å². The average molecular weight is 360 g/mol. The van der Waals surface area contributed by atoms with Crippen molar-refractivity contribution in [3.05, 3.63) is 65.2 Å². The maximum absolute atomic E-state index is 12.1. The first-order valence-electron chi connectivity index (χ1n) is 7.57. The number of amides is 1. The molecule has 0 aromatic heterocycles. The number of anilines is 1. The fraction of sp³-hybridized carbons (Fsp3) is 0.158. The predicted molar refractivity (Wildman–Crippen MR) is 97.7 cm³/mol. The van der Waals surface area contributed by atoms with E-state index in [0.29, 0.717) is 16.5 Å². The van der Waals surface area contributed by atoms with Crippen LogP contribution in [-0.4, -0.2) is 25.1 Å². The first kappa shape index (κ1) is 18.5. The molecular formula is C19H18ClNO4. The number of rotatable bonds is 6. The van der Waals surface area contributed by atoms with E-state index in [4.69, 9.17) is 21.1 Å². The fourth-order valence-corrected chi connectivity index (χ4v) is 2.22. The van der Waals surface area contributed by atoms with Gasteiger partial charge >= 0.3 is 5.97 Å². The van der Waals surface area contributed by atoms with Crippen LogP contribution in [0.15, 0.2) is 54.6 Å². The molecule has 1 N–H and O–H groups in total. The first-order valence-corrected chi connectivity index (χ1v) is 7.95. The van der Waals surface area contributed by atoms with E-state index < -0.39 is 18.0 Å². The summed E-state index contributed by atoms with van der Waals surface area (Å²) in [4.78, 5) is 24.0. The van der Waals surface area contributed by atoms with E-state index >= 15 is 0 Å². The van der Waals surface area contributed by atoms with Crippen molar-refractivity contribution in [2.45, 2.75) is 13.0 Å². The molecule has 0 aliphatic rings. The quantitative estimate of drug-likeness (QED) is 0.627. The van der Waals surface area contributed by atoms with Gasteiger partial charge in [-0.05, 0) is 42.8 Å². The van der Waals surface area contributed by atoms with Gasteiger partial charge in [0.05, 0.1) is 12.8 Å². The van der Waals surface area contributed by atoms with E-state index in [9.17, 15) is 9.59 Å². The van der Waals surface area contributed by atoms with Crippen LogP contribution in [-0.2, 0) is 14.3 Å². The standard InChI is InChI=1S/C19H18ClNO4/c1-13(19(23)21-16-8-3-4-9-17(16)24-2)25-18(22)11-10-14-6-5-7-15(20)12-14/h3-13H,1-2H3,(H,21,23)/b11-10+/t13-/m0/s1. The lowest BCUT2D eigenvalue weighted by molar-refractivity contribution is -0.148. The number of methoxy groups -OCH3 is 1. The maximum Gasteiger partial charge on any atom is 0.331 e. The monoisotopic (exact) mass is 359 g/mol. The van der Waals surface area contributed by atoms with Crippen LogP contribution in [0.5, 0.6) is 5.75 Å². The molecule has 0 saturated carbocycles. The predicted octanol–water partition coefficient (Wildman–Crippen LogP) is 3.93. The Bertz CT molecular complexity index is 788. The Morgan fingerprint density at radius 2 is 1.92 bits per heavy atom. The van der Waals surface area contributed by atoms with Crippen LogP contribution >= 0.6 is 11.6 Å². The van der Waals surface area contributed by atoms with Gasteiger partial charge in [0.25, 0.3) is 5.91 Å². The normalized spacial score (nSPS) is 11.8. The van der Waals surface area contributed by atoms with Gasteiger partial charge in [-0.2, -0.15) is 0 Å². The Balaban J connectivity index is 1.93. The van der Waals surface area contributed by atoms with Crippen molar-refractivity contribution < 1.29 is 19.1 Å². The SMILES string of the molecule is COc1ccccc1NC(=O)[C@H](C)OC(=O)/C=C/c1cccc(Cl)c1. The van der Waals surface area contributed by atoms with Crippen molar-refractivity contribution in [1.29, 1.82) is 0 Å². The highest BCUT2D eigenvalue weighted by Gasteiger charge is 2.18. The number of hydrogen-bond donors (Lipinski definition) is 1. The van der Waals surface area contributed by atoms with Crippen molar-refractivity contribution >= 4 is 35.2 Å². The van der Waals surface area contributed by atoms with Gasteiger partial charge in [-0.15, -0.1) is 0 Å². The largest absolute Gasteiger partial charge is 0.495 e. The maximum atomic E-state index is 12.1. The van der Waals surface area contributed by atoms with Gasteiger partial charge in [-0.3, -0.25) is 4.79 Å². The summed E-state index contributed by atoms with van der Waals surface area (Å²) >= 11 is 5.87. The minimum absolute atomic E-state index is 0.450. The summed E-state index contributed by atoms with van der Waals surface area (Å²) < 4.78 is 10.3. The number of nitrogens with one attached hydrogen (secondary N) is 1. The van der Waals surface area contributed by atoms with Crippen molar-refractivity contribution in [3.8, 4) is 5.75 Å². The Kier molecular flexibility index (Phi) is 6.60. The van der Waals surface area contributed by atoms with E-state index in [0.717, 1.165) is 5.56 Å². The second-order valence-electron chi connectivity index (χ2n) is 5.16. The zero-order valence-corrected chi connectivity index (χ0v) is 14.6. The van der Waals surface area contributed by atoms with Crippen LogP contribution in [0.3, 0.4) is 0 Å². The Morgan fingerprint density at radius 1 is 1.16 bits per heavy atom. The van der Waals surface area contributed by atoms with Crippen LogP contribution in [0.2, 0.25) is 5.02 Å². The van der Waals surface area contributed by atoms with Gasteiger partial charge in [0, 0.05) is 11.1 Å². The van der Waals surface area contributed by atoms with Crippen molar-refractivity contribution in [2.24, 2.45) is 0 Å². The van der Waals surface area contributed by atoms with Crippen LogP contribution in [0.1, 0.15) is 12.5 Å². The summed E-state index contributed by atoms with van der Waals surface area (Å²) in [5.41, 5.74) is 1.27. The number of carbonyl (C=O) groups is 2. The minimum Gasteiger partial charge on any atom is -0.495 e. The molecule has 1 amide bonds. The minimum atomic E-state index is -0.957. The third-order valence-corrected chi connectivity index (χ3v) is 3.52. The molecule has 2 aromatic carbocycles. The molecule has 5 nitrogen and oxygen atoms in total. The molecule has 0 spiro atoms. The summed E-state index contributed by atoms with van der Waals surface area (Å²) in [6.07, 6.45) is 1.86. The molecule has 2 rings (SSSR count). The van der Waals surface area contributed by atoms with E-state index in [1.807, 2.05) is 0 Å². The van der Waals surface area contributed by atoms with Crippen LogP contribution in [0.25, 0.3) is 6.08 Å². The smallest absolute Gasteiger partial charge is 0.331 e. The highest BCUT2D eigenvalue weighted by molar-refractivity contribution is 6.30. The Morgan fingerprint density at radius 3 is 2.64 bits per heavy atom. The molecule has 0 fully saturated rings. The van der Waals surface area contributed by atoms with E-state index in [-0.39, 0.29) is 0 Å². The van der Waals surface area contributed by atoms with Crippen molar-refractivity contribution in [3.63, 3.8) is 0 Å². The second-order valence-corrected chi connectivity index (χ2v) is 5.59. The van der Waals surface area contributed by atoms with Crippen LogP contribution in [0, 0.1) is 0 Å². The number of hydrogen-bond acceptors (Lipinski definition) is 4. The molecule has 0 saturated heterocycles. The first-order chi connectivity index (χ1) is 12.0. The van der Waals surface area contributed by atoms with Gasteiger partial charge < -0.3 is 14.8 Å². The van der Waals surface area contributed by atoms with Crippen molar-refractivity contribution in [1.82, 2.24) is 0 Å². The Labute approximate surface area is 151 Å². The summed E-state index contributed by atoms with van der Waals surface area (Å²) in [6, 6.07) is 14.0. The summed E-state index contributed by atoms with van der Waals surface area (Å²) in [5.74, 6) is -0.549. The second kappa shape index (κ2) is 8.89. The van der Waals surface area contributed by atoms with Crippen LogP contribution < -0.4 is 10.1 Å². The number of benzene rings is 2. The molecule has 130 valence electrons. The van der Waals surface area contributed by atoms with E-state index in [1.54, 1.807) is 54.6 Å². The number of carbonyl (C=O) groups excluding carboxylic acids is 2.